The Bertz CT molecular complexity index is 695. The highest BCUT2D eigenvalue weighted by Gasteiger charge is 2.26. The summed E-state index contributed by atoms with van der Waals surface area (Å²) >= 11 is 0. The molecule has 0 saturated heterocycles. The van der Waals surface area contributed by atoms with Crippen molar-refractivity contribution in [3.63, 3.8) is 0 Å². The monoisotopic (exact) mass is 343 g/mol. The molecule has 6 nitrogen and oxygen atoms in total. The molecule has 6 heteroatoms. The molecule has 1 heterocycles. The number of nitrogens with zero attached hydrogens (tertiary/aromatic N) is 3. The summed E-state index contributed by atoms with van der Waals surface area (Å²) in [4.78, 5) is 23.2. The second kappa shape index (κ2) is 9.01. The highest BCUT2D eigenvalue weighted by molar-refractivity contribution is 6.07. The third-order valence-corrected chi connectivity index (χ3v) is 3.54. The van der Waals surface area contributed by atoms with Gasteiger partial charge in [0.15, 0.2) is 5.69 Å². The van der Waals surface area contributed by atoms with Crippen LogP contribution < -0.4 is 14.4 Å². The molecular formula is C19H25N3O3. The van der Waals surface area contributed by atoms with Crippen molar-refractivity contribution in [1.82, 2.24) is 9.97 Å². The van der Waals surface area contributed by atoms with Gasteiger partial charge in [0.2, 0.25) is 11.8 Å². The zero-order valence-electron chi connectivity index (χ0n) is 15.3. The van der Waals surface area contributed by atoms with Crippen LogP contribution in [0.2, 0.25) is 0 Å². The fourth-order valence-corrected chi connectivity index (χ4v) is 2.54. The SMILES string of the molecule is CCCN(C(=O)c1cccc(C)c1)c1c(OCC)ncnc1OCC. The quantitative estimate of drug-likeness (QED) is 0.732. The first-order chi connectivity index (χ1) is 12.1. The van der Waals surface area contributed by atoms with Crippen LogP contribution in [0.1, 0.15) is 43.1 Å². The maximum Gasteiger partial charge on any atom is 0.258 e. The van der Waals surface area contributed by atoms with Crippen molar-refractivity contribution < 1.29 is 14.3 Å². The first-order valence-electron chi connectivity index (χ1n) is 8.61. The summed E-state index contributed by atoms with van der Waals surface area (Å²) in [5.74, 6) is 0.591. The number of aryl methyl sites for hydroxylation is 1. The Kier molecular flexibility index (Phi) is 6.74. The first kappa shape index (κ1) is 18.7. The molecule has 2 rings (SSSR count). The number of rotatable bonds is 8. The van der Waals surface area contributed by atoms with Gasteiger partial charge < -0.3 is 9.47 Å². The van der Waals surface area contributed by atoms with E-state index in [0.717, 1.165) is 12.0 Å². The molecule has 1 amide bonds. The Morgan fingerprint density at radius 3 is 2.24 bits per heavy atom. The smallest absolute Gasteiger partial charge is 0.258 e. The van der Waals surface area contributed by atoms with Gasteiger partial charge in [-0.05, 0) is 39.3 Å². The zero-order valence-corrected chi connectivity index (χ0v) is 15.3. The van der Waals surface area contributed by atoms with Gasteiger partial charge in [0.1, 0.15) is 6.33 Å². The van der Waals surface area contributed by atoms with E-state index in [-0.39, 0.29) is 5.91 Å². The highest BCUT2D eigenvalue weighted by atomic mass is 16.5. The van der Waals surface area contributed by atoms with Crippen molar-refractivity contribution >= 4 is 11.6 Å². The minimum atomic E-state index is -0.123. The lowest BCUT2D eigenvalue weighted by atomic mass is 10.1. The van der Waals surface area contributed by atoms with E-state index in [1.165, 1.54) is 6.33 Å². The van der Waals surface area contributed by atoms with Gasteiger partial charge in [0, 0.05) is 12.1 Å². The molecule has 0 fully saturated rings. The van der Waals surface area contributed by atoms with Crippen molar-refractivity contribution in [1.29, 1.82) is 0 Å². The summed E-state index contributed by atoms with van der Waals surface area (Å²) in [7, 11) is 0. The summed E-state index contributed by atoms with van der Waals surface area (Å²) in [6, 6.07) is 7.52. The minimum Gasteiger partial charge on any atom is -0.476 e. The Labute approximate surface area is 148 Å². The Morgan fingerprint density at radius 2 is 1.72 bits per heavy atom. The predicted molar refractivity (Wildman–Crippen MR) is 97.5 cm³/mol. The van der Waals surface area contributed by atoms with Gasteiger partial charge in [0.25, 0.3) is 5.91 Å². The van der Waals surface area contributed by atoms with Crippen molar-refractivity contribution in [3.05, 3.63) is 41.7 Å². The van der Waals surface area contributed by atoms with Crippen LogP contribution in [0.15, 0.2) is 30.6 Å². The molecule has 0 radical (unpaired) electrons. The number of benzene rings is 1. The summed E-state index contributed by atoms with van der Waals surface area (Å²) in [5, 5.41) is 0. The fourth-order valence-electron chi connectivity index (χ4n) is 2.54. The van der Waals surface area contributed by atoms with Crippen LogP contribution in [0, 0.1) is 6.92 Å². The van der Waals surface area contributed by atoms with Gasteiger partial charge in [0.05, 0.1) is 13.2 Å². The number of aromatic nitrogens is 2. The zero-order chi connectivity index (χ0) is 18.2. The van der Waals surface area contributed by atoms with Crippen LogP contribution in [-0.4, -0.2) is 35.6 Å². The van der Waals surface area contributed by atoms with Crippen molar-refractivity contribution in [2.45, 2.75) is 34.1 Å². The molecule has 0 aliphatic heterocycles. The number of carbonyl (C=O) groups is 1. The third-order valence-electron chi connectivity index (χ3n) is 3.54. The van der Waals surface area contributed by atoms with E-state index < -0.39 is 0 Å². The average molecular weight is 343 g/mol. The number of hydrogen-bond donors (Lipinski definition) is 0. The minimum absolute atomic E-state index is 0.123. The van der Waals surface area contributed by atoms with E-state index >= 15 is 0 Å². The lowest BCUT2D eigenvalue weighted by Crippen LogP contribution is -2.33. The molecule has 25 heavy (non-hydrogen) atoms. The van der Waals surface area contributed by atoms with Gasteiger partial charge in [-0.25, -0.2) is 0 Å². The van der Waals surface area contributed by atoms with Crippen molar-refractivity contribution in [2.75, 3.05) is 24.7 Å². The van der Waals surface area contributed by atoms with E-state index in [9.17, 15) is 4.79 Å². The number of anilines is 1. The maximum atomic E-state index is 13.2. The number of amides is 1. The van der Waals surface area contributed by atoms with E-state index in [1.54, 1.807) is 4.90 Å². The molecule has 1 aromatic heterocycles. The van der Waals surface area contributed by atoms with Gasteiger partial charge in [-0.2, -0.15) is 9.97 Å². The van der Waals surface area contributed by atoms with Crippen LogP contribution in [0.4, 0.5) is 5.69 Å². The van der Waals surface area contributed by atoms with Crippen LogP contribution in [0.25, 0.3) is 0 Å². The van der Waals surface area contributed by atoms with Crippen LogP contribution in [0.5, 0.6) is 11.8 Å². The van der Waals surface area contributed by atoms with E-state index in [0.29, 0.717) is 42.8 Å². The molecule has 0 spiro atoms. The summed E-state index contributed by atoms with van der Waals surface area (Å²) < 4.78 is 11.3. The highest BCUT2D eigenvalue weighted by Crippen LogP contribution is 2.35. The Balaban J connectivity index is 2.53. The topological polar surface area (TPSA) is 64.6 Å². The van der Waals surface area contributed by atoms with Crippen molar-refractivity contribution in [2.24, 2.45) is 0 Å². The van der Waals surface area contributed by atoms with E-state index in [4.69, 9.17) is 9.47 Å². The number of carbonyl (C=O) groups excluding carboxylic acids is 1. The summed E-state index contributed by atoms with van der Waals surface area (Å²) in [6.45, 7) is 9.12. The molecule has 0 aliphatic carbocycles. The largest absolute Gasteiger partial charge is 0.476 e. The molecule has 0 N–H and O–H groups in total. The number of hydrogen-bond acceptors (Lipinski definition) is 5. The molecular weight excluding hydrogens is 318 g/mol. The lowest BCUT2D eigenvalue weighted by molar-refractivity contribution is 0.0984. The second-order valence-corrected chi connectivity index (χ2v) is 5.52. The van der Waals surface area contributed by atoms with Crippen LogP contribution in [-0.2, 0) is 0 Å². The van der Waals surface area contributed by atoms with E-state index in [2.05, 4.69) is 9.97 Å². The van der Waals surface area contributed by atoms with Gasteiger partial charge in [-0.3, -0.25) is 9.69 Å². The third kappa shape index (κ3) is 4.47. The summed E-state index contributed by atoms with van der Waals surface area (Å²) in [6.07, 6.45) is 2.17. The normalized spacial score (nSPS) is 10.4. The van der Waals surface area contributed by atoms with Crippen molar-refractivity contribution in [3.8, 4) is 11.8 Å². The molecule has 0 aliphatic rings. The second-order valence-electron chi connectivity index (χ2n) is 5.52. The van der Waals surface area contributed by atoms with Crippen LogP contribution >= 0.6 is 0 Å². The van der Waals surface area contributed by atoms with E-state index in [1.807, 2.05) is 52.0 Å². The average Bonchev–Trinajstić information content (AvgIpc) is 2.60. The Morgan fingerprint density at radius 1 is 1.08 bits per heavy atom. The molecule has 0 atom stereocenters. The maximum absolute atomic E-state index is 13.2. The van der Waals surface area contributed by atoms with Crippen LogP contribution in [0.3, 0.4) is 0 Å². The standard InChI is InChI=1S/C19H25N3O3/c1-5-11-22(19(23)15-10-8-9-14(4)12-15)16-17(24-6-2)20-13-21-18(16)25-7-3/h8-10,12-13H,5-7,11H2,1-4H3. The fraction of sp³-hybridized carbons (Fsp3) is 0.421. The molecule has 0 bridgehead atoms. The first-order valence-corrected chi connectivity index (χ1v) is 8.61. The predicted octanol–water partition coefficient (Wildman–Crippen LogP) is 3.64. The number of ether oxygens (including phenoxy) is 2. The molecule has 2 aromatic rings. The summed E-state index contributed by atoms with van der Waals surface area (Å²) in [5.41, 5.74) is 2.13. The van der Waals surface area contributed by atoms with Gasteiger partial charge >= 0.3 is 0 Å². The Hall–Kier alpha value is -2.63. The van der Waals surface area contributed by atoms with Gasteiger partial charge in [-0.15, -0.1) is 0 Å². The molecule has 0 unspecified atom stereocenters. The van der Waals surface area contributed by atoms with Gasteiger partial charge in [-0.1, -0.05) is 24.6 Å². The lowest BCUT2D eigenvalue weighted by Gasteiger charge is -2.25. The molecule has 0 saturated carbocycles. The molecule has 1 aromatic carbocycles. The molecule has 134 valence electrons.